The van der Waals surface area contributed by atoms with Gasteiger partial charge in [-0.15, -0.1) is 0 Å². The van der Waals surface area contributed by atoms with Crippen molar-refractivity contribution in [1.82, 2.24) is 10.2 Å². The maximum Gasteiger partial charge on any atom is 0.244 e. The normalized spacial score (nSPS) is 32.2. The molecular weight excluding hydrogens is 200 g/mol. The summed E-state index contributed by atoms with van der Waals surface area (Å²) in [5.74, 6) is 0.280. The van der Waals surface area contributed by atoms with Crippen LogP contribution >= 0.6 is 0 Å². The van der Waals surface area contributed by atoms with Crippen LogP contribution in [0.15, 0.2) is 0 Å². The highest BCUT2D eigenvalue weighted by atomic mass is 16.2. The van der Waals surface area contributed by atoms with Crippen LogP contribution in [0, 0.1) is 0 Å². The van der Waals surface area contributed by atoms with Crippen molar-refractivity contribution in [2.75, 3.05) is 0 Å². The molecule has 0 saturated carbocycles. The SMILES string of the molecule is CCCC(CC)N1C(=O)C(C)(CC)NC1C. The van der Waals surface area contributed by atoms with E-state index in [1.54, 1.807) is 0 Å². The smallest absolute Gasteiger partial charge is 0.244 e. The third kappa shape index (κ3) is 2.24. The fourth-order valence-corrected chi connectivity index (χ4v) is 2.66. The van der Waals surface area contributed by atoms with E-state index in [1.165, 1.54) is 0 Å². The predicted octanol–water partition coefficient (Wildman–Crippen LogP) is 2.51. The van der Waals surface area contributed by atoms with E-state index in [9.17, 15) is 4.79 Å². The fraction of sp³-hybridized carbons (Fsp3) is 0.923. The zero-order valence-corrected chi connectivity index (χ0v) is 11.3. The van der Waals surface area contributed by atoms with Gasteiger partial charge in [0.05, 0.1) is 11.7 Å². The van der Waals surface area contributed by atoms with Crippen LogP contribution in [0.1, 0.15) is 60.3 Å². The van der Waals surface area contributed by atoms with Crippen molar-refractivity contribution in [3.8, 4) is 0 Å². The Morgan fingerprint density at radius 2 is 2.06 bits per heavy atom. The molecule has 1 rings (SSSR count). The Morgan fingerprint density at radius 3 is 2.44 bits per heavy atom. The summed E-state index contributed by atoms with van der Waals surface area (Å²) in [7, 11) is 0. The quantitative estimate of drug-likeness (QED) is 0.781. The first-order chi connectivity index (χ1) is 7.50. The van der Waals surface area contributed by atoms with Crippen LogP contribution in [-0.2, 0) is 4.79 Å². The van der Waals surface area contributed by atoms with Crippen LogP contribution in [0.5, 0.6) is 0 Å². The van der Waals surface area contributed by atoms with Crippen LogP contribution in [0.2, 0.25) is 0 Å². The number of carbonyl (C=O) groups is 1. The van der Waals surface area contributed by atoms with Gasteiger partial charge in [0.25, 0.3) is 0 Å². The van der Waals surface area contributed by atoms with Crippen molar-refractivity contribution in [1.29, 1.82) is 0 Å². The first-order valence-corrected chi connectivity index (χ1v) is 6.60. The molecule has 1 saturated heterocycles. The molecule has 1 N–H and O–H groups in total. The minimum atomic E-state index is -0.347. The molecule has 1 amide bonds. The molecule has 16 heavy (non-hydrogen) atoms. The Morgan fingerprint density at radius 1 is 1.44 bits per heavy atom. The van der Waals surface area contributed by atoms with Gasteiger partial charge in [-0.1, -0.05) is 27.2 Å². The third-order valence-corrected chi connectivity index (χ3v) is 3.84. The summed E-state index contributed by atoms with van der Waals surface area (Å²) < 4.78 is 0. The first-order valence-electron chi connectivity index (χ1n) is 6.60. The number of nitrogens with zero attached hydrogens (tertiary/aromatic N) is 1. The van der Waals surface area contributed by atoms with Crippen molar-refractivity contribution < 1.29 is 4.79 Å². The van der Waals surface area contributed by atoms with Gasteiger partial charge >= 0.3 is 0 Å². The summed E-state index contributed by atoms with van der Waals surface area (Å²) in [6, 6.07) is 0.397. The summed E-state index contributed by atoms with van der Waals surface area (Å²) in [6.45, 7) is 10.5. The Kier molecular flexibility index (Phi) is 4.36. The van der Waals surface area contributed by atoms with Gasteiger partial charge in [0.2, 0.25) is 5.91 Å². The van der Waals surface area contributed by atoms with Gasteiger partial charge < -0.3 is 4.90 Å². The Labute approximate surface area is 99.6 Å². The molecule has 0 radical (unpaired) electrons. The monoisotopic (exact) mass is 226 g/mol. The number of rotatable bonds is 5. The highest BCUT2D eigenvalue weighted by molar-refractivity contribution is 5.88. The second-order valence-electron chi connectivity index (χ2n) is 5.07. The molecule has 0 spiro atoms. The van der Waals surface area contributed by atoms with E-state index in [4.69, 9.17) is 0 Å². The van der Waals surface area contributed by atoms with Crippen molar-refractivity contribution in [3.05, 3.63) is 0 Å². The molecule has 94 valence electrons. The number of amides is 1. The lowest BCUT2D eigenvalue weighted by Crippen LogP contribution is -2.44. The second kappa shape index (κ2) is 5.17. The molecule has 3 unspecified atom stereocenters. The summed E-state index contributed by atoms with van der Waals surface area (Å²) in [6.07, 6.45) is 4.32. The second-order valence-corrected chi connectivity index (χ2v) is 5.07. The molecule has 1 aliphatic rings. The molecule has 3 nitrogen and oxygen atoms in total. The molecule has 1 aliphatic heterocycles. The predicted molar refractivity (Wildman–Crippen MR) is 67.1 cm³/mol. The standard InChI is InChI=1S/C13H26N2O/c1-6-9-11(7-2)15-10(4)14-13(5,8-3)12(15)16/h10-11,14H,6-9H2,1-5H3. The largest absolute Gasteiger partial charge is 0.323 e. The lowest BCUT2D eigenvalue weighted by atomic mass is 9.98. The van der Waals surface area contributed by atoms with E-state index < -0.39 is 0 Å². The maximum atomic E-state index is 12.4. The molecule has 0 bridgehead atoms. The van der Waals surface area contributed by atoms with E-state index in [1.807, 2.05) is 6.92 Å². The van der Waals surface area contributed by atoms with Gasteiger partial charge in [-0.25, -0.2) is 0 Å². The molecule has 1 heterocycles. The summed E-state index contributed by atoms with van der Waals surface area (Å²) >= 11 is 0. The Balaban J connectivity index is 2.84. The zero-order valence-electron chi connectivity index (χ0n) is 11.3. The van der Waals surface area contributed by atoms with Crippen molar-refractivity contribution >= 4 is 5.91 Å². The highest BCUT2D eigenvalue weighted by Gasteiger charge is 2.46. The number of hydrogen-bond acceptors (Lipinski definition) is 2. The molecule has 0 aromatic carbocycles. The Bertz CT molecular complexity index is 254. The summed E-state index contributed by atoms with van der Waals surface area (Å²) in [4.78, 5) is 14.5. The average Bonchev–Trinajstić information content (AvgIpc) is 2.48. The van der Waals surface area contributed by atoms with Crippen molar-refractivity contribution in [2.45, 2.75) is 78.0 Å². The van der Waals surface area contributed by atoms with E-state index in [0.717, 1.165) is 25.7 Å². The molecule has 0 aromatic rings. The molecule has 0 aromatic heterocycles. The lowest BCUT2D eigenvalue weighted by Gasteiger charge is -2.30. The molecule has 0 aliphatic carbocycles. The van der Waals surface area contributed by atoms with Crippen LogP contribution in [0.4, 0.5) is 0 Å². The first kappa shape index (κ1) is 13.5. The molecule has 3 atom stereocenters. The van der Waals surface area contributed by atoms with Gasteiger partial charge in [-0.2, -0.15) is 0 Å². The summed E-state index contributed by atoms with van der Waals surface area (Å²) in [5.41, 5.74) is -0.347. The summed E-state index contributed by atoms with van der Waals surface area (Å²) in [5, 5.41) is 3.43. The van der Waals surface area contributed by atoms with Crippen LogP contribution in [0.3, 0.4) is 0 Å². The van der Waals surface area contributed by atoms with Crippen molar-refractivity contribution in [2.24, 2.45) is 0 Å². The van der Waals surface area contributed by atoms with Gasteiger partial charge in [-0.05, 0) is 33.1 Å². The van der Waals surface area contributed by atoms with E-state index in [2.05, 4.69) is 37.9 Å². The molecular formula is C13H26N2O. The van der Waals surface area contributed by atoms with Gasteiger partial charge in [-0.3, -0.25) is 10.1 Å². The highest BCUT2D eigenvalue weighted by Crippen LogP contribution is 2.27. The number of nitrogens with one attached hydrogen (secondary N) is 1. The average molecular weight is 226 g/mol. The van der Waals surface area contributed by atoms with E-state index >= 15 is 0 Å². The van der Waals surface area contributed by atoms with Crippen LogP contribution in [0.25, 0.3) is 0 Å². The third-order valence-electron chi connectivity index (χ3n) is 3.84. The van der Waals surface area contributed by atoms with Gasteiger partial charge in [0.15, 0.2) is 0 Å². The number of hydrogen-bond donors (Lipinski definition) is 1. The van der Waals surface area contributed by atoms with Crippen molar-refractivity contribution in [3.63, 3.8) is 0 Å². The van der Waals surface area contributed by atoms with Gasteiger partial charge in [0.1, 0.15) is 0 Å². The van der Waals surface area contributed by atoms with E-state index in [0.29, 0.717) is 6.04 Å². The zero-order chi connectivity index (χ0) is 12.3. The fourth-order valence-electron chi connectivity index (χ4n) is 2.66. The lowest BCUT2D eigenvalue weighted by molar-refractivity contribution is -0.135. The van der Waals surface area contributed by atoms with Crippen LogP contribution in [-0.4, -0.2) is 28.6 Å². The maximum absolute atomic E-state index is 12.4. The minimum absolute atomic E-state index is 0.175. The topological polar surface area (TPSA) is 32.3 Å². The van der Waals surface area contributed by atoms with E-state index in [-0.39, 0.29) is 17.6 Å². The Hall–Kier alpha value is -0.570. The number of carbonyl (C=O) groups excluding carboxylic acids is 1. The van der Waals surface area contributed by atoms with Gasteiger partial charge in [0, 0.05) is 6.04 Å². The minimum Gasteiger partial charge on any atom is -0.323 e. The molecule has 3 heteroatoms. The van der Waals surface area contributed by atoms with Crippen LogP contribution < -0.4 is 5.32 Å². The molecule has 1 fully saturated rings.